The first-order valence-electron chi connectivity index (χ1n) is 10.4. The van der Waals surface area contributed by atoms with Gasteiger partial charge in [0.05, 0.1) is 0 Å². The number of amides is 2. The largest absolute Gasteiger partial charge is 0.486 e. The molecule has 0 aliphatic carbocycles. The van der Waals surface area contributed by atoms with Gasteiger partial charge in [0.25, 0.3) is 11.8 Å². The lowest BCUT2D eigenvalue weighted by Crippen LogP contribution is -2.13. The minimum Gasteiger partial charge on any atom is -0.486 e. The van der Waals surface area contributed by atoms with Crippen LogP contribution in [0.5, 0.6) is 5.75 Å². The molecule has 2 aromatic heterocycles. The van der Waals surface area contributed by atoms with Crippen molar-refractivity contribution in [3.8, 4) is 5.75 Å². The lowest BCUT2D eigenvalue weighted by molar-refractivity contribution is 0.0989. The van der Waals surface area contributed by atoms with E-state index in [1.165, 1.54) is 6.92 Å². The number of Topliss-reactive ketones (excluding diaryl/α,β-unsaturated/α-hetero) is 1. The van der Waals surface area contributed by atoms with Crippen LogP contribution in [-0.2, 0) is 13.7 Å². The van der Waals surface area contributed by atoms with E-state index in [-0.39, 0.29) is 24.1 Å². The Morgan fingerprint density at radius 3 is 2.12 bits per heavy atom. The molecule has 4 aromatic rings. The number of rotatable bonds is 8. The van der Waals surface area contributed by atoms with Gasteiger partial charge in [-0.05, 0) is 73.7 Å². The van der Waals surface area contributed by atoms with Gasteiger partial charge >= 0.3 is 0 Å². The molecule has 0 aliphatic heterocycles. The zero-order chi connectivity index (χ0) is 24.1. The molecule has 0 saturated heterocycles. The summed E-state index contributed by atoms with van der Waals surface area (Å²) in [7, 11) is 1.73. The lowest BCUT2D eigenvalue weighted by atomic mass is 10.1. The summed E-state index contributed by atoms with van der Waals surface area (Å²) in [6, 6.07) is 18.3. The van der Waals surface area contributed by atoms with Crippen LogP contribution in [0.25, 0.3) is 0 Å². The maximum atomic E-state index is 12.5. The number of ketones is 1. The molecular formula is C25H22N4O5. The predicted octanol–water partition coefficient (Wildman–Crippen LogP) is 4.30. The van der Waals surface area contributed by atoms with Crippen LogP contribution in [0.3, 0.4) is 0 Å². The molecule has 0 radical (unpaired) electrons. The van der Waals surface area contributed by atoms with E-state index >= 15 is 0 Å². The average Bonchev–Trinajstić information content (AvgIpc) is 3.48. The first-order chi connectivity index (χ1) is 16.4. The Hall–Kier alpha value is -4.66. The molecule has 0 saturated carbocycles. The van der Waals surface area contributed by atoms with E-state index in [0.29, 0.717) is 34.1 Å². The Morgan fingerprint density at radius 2 is 1.53 bits per heavy atom. The second kappa shape index (κ2) is 9.86. The summed E-state index contributed by atoms with van der Waals surface area (Å²) < 4.78 is 12.8. The number of hydrogen-bond donors (Lipinski definition) is 2. The van der Waals surface area contributed by atoms with Crippen LogP contribution in [0.15, 0.2) is 77.3 Å². The second-order valence-electron chi connectivity index (χ2n) is 7.50. The van der Waals surface area contributed by atoms with E-state index in [0.717, 1.165) is 0 Å². The number of anilines is 2. The highest BCUT2D eigenvalue weighted by Crippen LogP contribution is 2.18. The van der Waals surface area contributed by atoms with Crippen molar-refractivity contribution in [3.05, 3.63) is 95.7 Å². The molecule has 2 aromatic carbocycles. The Balaban J connectivity index is 1.29. The van der Waals surface area contributed by atoms with Crippen molar-refractivity contribution in [3.63, 3.8) is 0 Å². The van der Waals surface area contributed by atoms with Crippen LogP contribution < -0.4 is 15.4 Å². The zero-order valence-electron chi connectivity index (χ0n) is 18.6. The molecule has 34 heavy (non-hydrogen) atoms. The SMILES string of the molecule is CC(=O)c1ccc(OCc2ccc(C(=O)Nc3ccc(NC(=O)c4ccn(C)n4)cc3)o2)cc1. The van der Waals surface area contributed by atoms with E-state index in [4.69, 9.17) is 9.15 Å². The van der Waals surface area contributed by atoms with Gasteiger partial charge in [0, 0.05) is 30.2 Å². The number of furan rings is 1. The summed E-state index contributed by atoms with van der Waals surface area (Å²) in [5, 5.41) is 9.55. The minimum atomic E-state index is -0.415. The van der Waals surface area contributed by atoms with Crippen molar-refractivity contribution < 1.29 is 23.5 Å². The van der Waals surface area contributed by atoms with Gasteiger partial charge in [0.2, 0.25) is 0 Å². The van der Waals surface area contributed by atoms with Crippen molar-refractivity contribution in [2.24, 2.45) is 7.05 Å². The number of aromatic nitrogens is 2. The molecule has 0 bridgehead atoms. The van der Waals surface area contributed by atoms with E-state index in [1.54, 1.807) is 84.7 Å². The molecule has 0 fully saturated rings. The summed E-state index contributed by atoms with van der Waals surface area (Å²) >= 11 is 0. The Labute approximate surface area is 195 Å². The van der Waals surface area contributed by atoms with Crippen LogP contribution in [-0.4, -0.2) is 27.4 Å². The van der Waals surface area contributed by atoms with Crippen molar-refractivity contribution in [1.29, 1.82) is 0 Å². The van der Waals surface area contributed by atoms with E-state index in [9.17, 15) is 14.4 Å². The molecule has 2 amide bonds. The minimum absolute atomic E-state index is 0.0166. The van der Waals surface area contributed by atoms with E-state index < -0.39 is 5.91 Å². The number of benzene rings is 2. The Bertz CT molecular complexity index is 1320. The quantitative estimate of drug-likeness (QED) is 0.381. The highest BCUT2D eigenvalue weighted by molar-refractivity contribution is 6.04. The fourth-order valence-corrected chi connectivity index (χ4v) is 3.08. The van der Waals surface area contributed by atoms with Gasteiger partial charge in [0.1, 0.15) is 18.1 Å². The van der Waals surface area contributed by atoms with E-state index in [1.807, 2.05) is 0 Å². The molecular weight excluding hydrogens is 436 g/mol. The van der Waals surface area contributed by atoms with Gasteiger partial charge in [-0.3, -0.25) is 19.1 Å². The van der Waals surface area contributed by atoms with Crippen molar-refractivity contribution in [2.75, 3.05) is 10.6 Å². The number of nitrogens with zero attached hydrogens (tertiary/aromatic N) is 2. The van der Waals surface area contributed by atoms with Gasteiger partial charge in [-0.25, -0.2) is 0 Å². The number of ether oxygens (including phenoxy) is 1. The molecule has 172 valence electrons. The second-order valence-corrected chi connectivity index (χ2v) is 7.50. The van der Waals surface area contributed by atoms with Gasteiger partial charge in [-0.1, -0.05) is 0 Å². The van der Waals surface area contributed by atoms with Crippen molar-refractivity contribution >= 4 is 29.0 Å². The standard InChI is InChI=1S/C25H22N4O5/c1-16(30)17-3-9-20(10-4-17)33-15-21-11-12-23(34-21)25(32)27-19-7-5-18(6-8-19)26-24(31)22-13-14-29(2)28-22/h3-14H,15H2,1-2H3,(H,26,31)(H,27,32). The number of nitrogens with one attached hydrogen (secondary N) is 2. The monoisotopic (exact) mass is 458 g/mol. The molecule has 9 nitrogen and oxygen atoms in total. The smallest absolute Gasteiger partial charge is 0.291 e. The molecule has 2 heterocycles. The molecule has 0 unspecified atom stereocenters. The normalized spacial score (nSPS) is 10.5. The van der Waals surface area contributed by atoms with Gasteiger partial charge in [0.15, 0.2) is 17.2 Å². The lowest BCUT2D eigenvalue weighted by Gasteiger charge is -2.07. The number of aryl methyl sites for hydroxylation is 1. The molecule has 0 spiro atoms. The number of carbonyl (C=O) groups excluding carboxylic acids is 3. The van der Waals surface area contributed by atoms with Crippen LogP contribution in [0, 0.1) is 0 Å². The predicted molar refractivity (Wildman–Crippen MR) is 125 cm³/mol. The fourth-order valence-electron chi connectivity index (χ4n) is 3.08. The van der Waals surface area contributed by atoms with Gasteiger partial charge in [-0.15, -0.1) is 0 Å². The molecule has 9 heteroatoms. The zero-order valence-corrected chi connectivity index (χ0v) is 18.6. The summed E-state index contributed by atoms with van der Waals surface area (Å²) in [6.07, 6.45) is 1.69. The Kier molecular flexibility index (Phi) is 6.54. The van der Waals surface area contributed by atoms with Gasteiger partial charge in [-0.2, -0.15) is 5.10 Å². The van der Waals surface area contributed by atoms with Crippen LogP contribution >= 0.6 is 0 Å². The molecule has 0 atom stereocenters. The highest BCUT2D eigenvalue weighted by atomic mass is 16.5. The molecule has 4 rings (SSSR count). The highest BCUT2D eigenvalue weighted by Gasteiger charge is 2.13. The van der Waals surface area contributed by atoms with Crippen LogP contribution in [0.4, 0.5) is 11.4 Å². The molecule has 0 aliphatic rings. The summed E-state index contributed by atoms with van der Waals surface area (Å²) in [5.41, 5.74) is 2.03. The first kappa shape index (κ1) is 22.5. The van der Waals surface area contributed by atoms with Crippen molar-refractivity contribution in [1.82, 2.24) is 9.78 Å². The topological polar surface area (TPSA) is 115 Å². The van der Waals surface area contributed by atoms with Gasteiger partial charge < -0.3 is 19.8 Å². The maximum Gasteiger partial charge on any atom is 0.291 e. The third kappa shape index (κ3) is 5.57. The maximum absolute atomic E-state index is 12.5. The Morgan fingerprint density at radius 1 is 0.882 bits per heavy atom. The van der Waals surface area contributed by atoms with E-state index in [2.05, 4.69) is 15.7 Å². The average molecular weight is 458 g/mol. The molecule has 2 N–H and O–H groups in total. The third-order valence-corrected chi connectivity index (χ3v) is 4.87. The third-order valence-electron chi connectivity index (χ3n) is 4.87. The van der Waals surface area contributed by atoms with Crippen LogP contribution in [0.2, 0.25) is 0 Å². The summed E-state index contributed by atoms with van der Waals surface area (Å²) in [6.45, 7) is 1.64. The number of carbonyl (C=O) groups is 3. The summed E-state index contributed by atoms with van der Waals surface area (Å²) in [4.78, 5) is 36.0. The summed E-state index contributed by atoms with van der Waals surface area (Å²) in [5.74, 6) is 0.450. The van der Waals surface area contributed by atoms with Crippen molar-refractivity contribution in [2.45, 2.75) is 13.5 Å². The number of hydrogen-bond acceptors (Lipinski definition) is 6. The fraction of sp³-hybridized carbons (Fsp3) is 0.120. The van der Waals surface area contributed by atoms with Crippen LogP contribution in [0.1, 0.15) is 44.1 Å². The first-order valence-corrected chi connectivity index (χ1v) is 10.4.